The number of allylic oxidation sites excluding steroid dienone is 1. The third kappa shape index (κ3) is 2.01. The summed E-state index contributed by atoms with van der Waals surface area (Å²) in [6, 6.07) is 0. The van der Waals surface area contributed by atoms with Gasteiger partial charge < -0.3 is 0 Å². The highest BCUT2D eigenvalue weighted by Gasteiger charge is 2.26. The Kier molecular flexibility index (Phi) is 3.43. The molecule has 0 amide bonds. The van der Waals surface area contributed by atoms with Crippen LogP contribution in [0.25, 0.3) is 0 Å². The van der Waals surface area contributed by atoms with Crippen molar-refractivity contribution in [2.75, 3.05) is 0 Å². The van der Waals surface area contributed by atoms with Crippen LogP contribution in [-0.2, 0) is 0 Å². The fourth-order valence-electron chi connectivity index (χ4n) is 0.421. The zero-order chi connectivity index (χ0) is 8.36. The van der Waals surface area contributed by atoms with E-state index in [2.05, 4.69) is 20.4 Å². The molecule has 0 aromatic heterocycles. The second-order valence-electron chi connectivity index (χ2n) is 3.38. The topological polar surface area (TPSA) is 0 Å². The fourth-order valence-corrected chi connectivity index (χ4v) is 0.856. The Balaban J connectivity index is 4.24. The lowest BCUT2D eigenvalue weighted by Crippen LogP contribution is -2.19. The molecule has 0 bridgehead atoms. The monoisotopic (exact) mass is 162 g/mol. The van der Waals surface area contributed by atoms with Gasteiger partial charge in [-0.1, -0.05) is 34.3 Å². The van der Waals surface area contributed by atoms with Crippen molar-refractivity contribution in [3.63, 3.8) is 0 Å². The molecule has 0 saturated carbocycles. The molecule has 0 heterocycles. The lowest BCUT2D eigenvalue weighted by molar-refractivity contribution is 0.326. The van der Waals surface area contributed by atoms with Gasteiger partial charge in [0.15, 0.2) is 0 Å². The molecule has 0 aliphatic heterocycles. The lowest BCUT2D eigenvalue weighted by atomic mass is 9.81. The molecule has 0 fully saturated rings. The molecule has 0 rings (SSSR count). The van der Waals surface area contributed by atoms with Crippen LogP contribution in [0.1, 0.15) is 27.7 Å². The first-order chi connectivity index (χ1) is 4.42. The number of halogens is 1. The summed E-state index contributed by atoms with van der Waals surface area (Å²) in [7, 11) is 0. The molecular formula is C8H15FS. The molecule has 0 N–H and O–H groups in total. The first-order valence-electron chi connectivity index (χ1n) is 3.41. The second-order valence-corrected chi connectivity index (χ2v) is 4.02. The average molecular weight is 162 g/mol. The van der Waals surface area contributed by atoms with Crippen LogP contribution in [0.4, 0.5) is 3.89 Å². The van der Waals surface area contributed by atoms with Crippen molar-refractivity contribution in [3.8, 4) is 0 Å². The van der Waals surface area contributed by atoms with Crippen LogP contribution >= 0.6 is 12.1 Å². The Morgan fingerprint density at radius 1 is 1.50 bits per heavy atom. The van der Waals surface area contributed by atoms with Crippen molar-refractivity contribution in [2.45, 2.75) is 27.7 Å². The predicted molar refractivity (Wildman–Crippen MR) is 46.5 cm³/mol. The van der Waals surface area contributed by atoms with Crippen LogP contribution in [0.15, 0.2) is 11.5 Å². The van der Waals surface area contributed by atoms with E-state index in [9.17, 15) is 3.89 Å². The Morgan fingerprint density at radius 2 is 1.90 bits per heavy atom. The molecule has 10 heavy (non-hydrogen) atoms. The second kappa shape index (κ2) is 3.42. The van der Waals surface area contributed by atoms with Crippen molar-refractivity contribution in [1.82, 2.24) is 0 Å². The van der Waals surface area contributed by atoms with E-state index in [1.54, 1.807) is 0 Å². The van der Waals surface area contributed by atoms with Gasteiger partial charge in [0.25, 0.3) is 0 Å². The summed E-state index contributed by atoms with van der Waals surface area (Å²) in [5, 5.41) is 0. The van der Waals surface area contributed by atoms with E-state index in [0.29, 0.717) is 10.8 Å². The van der Waals surface area contributed by atoms with Gasteiger partial charge in [-0.2, -0.15) is 3.89 Å². The molecule has 0 unspecified atom stereocenters. The van der Waals surface area contributed by atoms with Gasteiger partial charge in [-0.05, 0) is 11.3 Å². The summed E-state index contributed by atoms with van der Waals surface area (Å²) < 4.78 is 12.1. The molecular weight excluding hydrogens is 147 g/mol. The van der Waals surface area contributed by atoms with Gasteiger partial charge in [0.1, 0.15) is 0 Å². The van der Waals surface area contributed by atoms with Gasteiger partial charge in [0.05, 0.1) is 12.1 Å². The standard InChI is InChI=1S/C8H15FS/c1-6(2)8(4,5)7(3)10-9/h6H,3H2,1-2,4-5H3. The van der Waals surface area contributed by atoms with Gasteiger partial charge in [-0.3, -0.25) is 0 Å². The van der Waals surface area contributed by atoms with E-state index in [4.69, 9.17) is 0 Å². The maximum Gasteiger partial charge on any atom is 0.0767 e. The summed E-state index contributed by atoms with van der Waals surface area (Å²) in [6.45, 7) is 11.8. The number of hydrogen-bond donors (Lipinski definition) is 0. The van der Waals surface area contributed by atoms with E-state index >= 15 is 0 Å². The van der Waals surface area contributed by atoms with Gasteiger partial charge >= 0.3 is 0 Å². The smallest absolute Gasteiger partial charge is 0.0767 e. The van der Waals surface area contributed by atoms with Gasteiger partial charge in [0, 0.05) is 4.91 Å². The lowest BCUT2D eigenvalue weighted by Gasteiger charge is -2.28. The molecule has 0 aliphatic carbocycles. The Morgan fingerprint density at radius 3 is 2.00 bits per heavy atom. The van der Waals surface area contributed by atoms with Crippen molar-refractivity contribution in [3.05, 3.63) is 11.5 Å². The van der Waals surface area contributed by atoms with Crippen LogP contribution in [-0.4, -0.2) is 0 Å². The summed E-state index contributed by atoms with van der Waals surface area (Å²) in [6.07, 6.45) is 0. The third-order valence-corrected chi connectivity index (χ3v) is 2.97. The molecule has 0 aromatic carbocycles. The maximum atomic E-state index is 12.1. The average Bonchev–Trinajstić information content (AvgIpc) is 1.86. The first kappa shape index (κ1) is 10.0. The molecule has 2 heteroatoms. The highest BCUT2D eigenvalue weighted by Crippen LogP contribution is 2.40. The Hall–Kier alpha value is 0.0200. The first-order valence-corrected chi connectivity index (χ1v) is 4.12. The van der Waals surface area contributed by atoms with Crippen LogP contribution in [0, 0.1) is 11.3 Å². The maximum absolute atomic E-state index is 12.1. The van der Waals surface area contributed by atoms with Crippen molar-refractivity contribution in [1.29, 1.82) is 0 Å². The summed E-state index contributed by atoms with van der Waals surface area (Å²) in [4.78, 5) is 0.613. The molecule has 0 radical (unpaired) electrons. The van der Waals surface area contributed by atoms with Crippen molar-refractivity contribution >= 4 is 12.1 Å². The van der Waals surface area contributed by atoms with E-state index < -0.39 is 0 Å². The minimum absolute atomic E-state index is 0.0978. The largest absolute Gasteiger partial charge is 0.160 e. The van der Waals surface area contributed by atoms with E-state index in [1.165, 1.54) is 0 Å². The van der Waals surface area contributed by atoms with Crippen LogP contribution in [0.3, 0.4) is 0 Å². The molecule has 0 spiro atoms. The van der Waals surface area contributed by atoms with Crippen LogP contribution in [0.5, 0.6) is 0 Å². The zero-order valence-electron chi connectivity index (χ0n) is 7.07. The molecule has 0 saturated heterocycles. The minimum atomic E-state index is -0.0978. The van der Waals surface area contributed by atoms with E-state index in [-0.39, 0.29) is 17.6 Å². The van der Waals surface area contributed by atoms with E-state index in [0.717, 1.165) is 0 Å². The predicted octanol–water partition coefficient (Wildman–Crippen LogP) is 3.80. The van der Waals surface area contributed by atoms with Crippen molar-refractivity contribution < 1.29 is 3.89 Å². The third-order valence-electron chi connectivity index (χ3n) is 2.26. The van der Waals surface area contributed by atoms with Gasteiger partial charge in [-0.15, -0.1) is 0 Å². The quantitative estimate of drug-likeness (QED) is 0.608. The molecule has 0 aliphatic rings. The fraction of sp³-hybridized carbons (Fsp3) is 0.750. The SMILES string of the molecule is C=C(SF)C(C)(C)C(C)C. The Labute approximate surface area is 67.2 Å². The highest BCUT2D eigenvalue weighted by molar-refractivity contribution is 7.98. The normalized spacial score (nSPS) is 12.2. The minimum Gasteiger partial charge on any atom is -0.160 e. The van der Waals surface area contributed by atoms with Crippen LogP contribution in [0.2, 0.25) is 0 Å². The van der Waals surface area contributed by atoms with Gasteiger partial charge in [0.2, 0.25) is 0 Å². The number of hydrogen-bond acceptors (Lipinski definition) is 1. The van der Waals surface area contributed by atoms with E-state index in [1.807, 2.05) is 13.8 Å². The Bertz CT molecular complexity index is 127. The van der Waals surface area contributed by atoms with Gasteiger partial charge in [-0.25, -0.2) is 0 Å². The molecule has 0 atom stereocenters. The molecule has 60 valence electrons. The van der Waals surface area contributed by atoms with Crippen LogP contribution < -0.4 is 0 Å². The zero-order valence-corrected chi connectivity index (χ0v) is 7.89. The molecule has 0 aromatic rings. The summed E-state index contributed by atoms with van der Waals surface area (Å²) >= 11 is 0.266. The highest BCUT2D eigenvalue weighted by atomic mass is 32.2. The molecule has 0 nitrogen and oxygen atoms in total. The summed E-state index contributed by atoms with van der Waals surface area (Å²) in [5.41, 5.74) is -0.0978. The summed E-state index contributed by atoms with van der Waals surface area (Å²) in [5.74, 6) is 0.434. The van der Waals surface area contributed by atoms with Crippen molar-refractivity contribution in [2.24, 2.45) is 11.3 Å². The number of rotatable bonds is 3.